The lowest BCUT2D eigenvalue weighted by molar-refractivity contribution is -0.111. The van der Waals surface area contributed by atoms with E-state index in [-0.39, 0.29) is 5.91 Å². The molecule has 3 aromatic heterocycles. The summed E-state index contributed by atoms with van der Waals surface area (Å²) in [5.74, 6) is 0.715. The SMILES string of the molecule is C=CC(=O)Nc1cc(C)c2c(c1)c(C)cn2-c1nc(Nc2cnn(C)c2)ncc1Cl. The first kappa shape index (κ1) is 19.7. The Balaban J connectivity index is 1.80. The third kappa shape index (κ3) is 3.65. The van der Waals surface area contributed by atoms with Gasteiger partial charge >= 0.3 is 0 Å². The minimum Gasteiger partial charge on any atom is -0.322 e. The van der Waals surface area contributed by atoms with Crippen LogP contribution in [-0.2, 0) is 11.8 Å². The first-order valence-corrected chi connectivity index (χ1v) is 9.58. The maximum absolute atomic E-state index is 11.7. The second-order valence-electron chi connectivity index (χ2n) is 6.96. The number of aryl methyl sites for hydroxylation is 3. The van der Waals surface area contributed by atoms with Crippen molar-refractivity contribution >= 4 is 45.7 Å². The van der Waals surface area contributed by atoms with Crippen LogP contribution in [-0.4, -0.2) is 30.2 Å². The number of nitrogens with zero attached hydrogens (tertiary/aromatic N) is 5. The molecule has 9 heteroatoms. The zero-order chi connectivity index (χ0) is 21.4. The molecule has 0 atom stereocenters. The molecule has 4 aromatic rings. The van der Waals surface area contributed by atoms with Gasteiger partial charge < -0.3 is 10.6 Å². The highest BCUT2D eigenvalue weighted by atomic mass is 35.5. The molecule has 0 fully saturated rings. The van der Waals surface area contributed by atoms with Crippen LogP contribution < -0.4 is 10.6 Å². The van der Waals surface area contributed by atoms with Crippen molar-refractivity contribution in [2.75, 3.05) is 10.6 Å². The number of rotatable bonds is 5. The lowest BCUT2D eigenvalue weighted by Gasteiger charge is -2.12. The van der Waals surface area contributed by atoms with Crippen molar-refractivity contribution < 1.29 is 4.79 Å². The van der Waals surface area contributed by atoms with Gasteiger partial charge in [-0.15, -0.1) is 0 Å². The van der Waals surface area contributed by atoms with Gasteiger partial charge in [0.2, 0.25) is 11.9 Å². The summed E-state index contributed by atoms with van der Waals surface area (Å²) in [6, 6.07) is 3.84. The summed E-state index contributed by atoms with van der Waals surface area (Å²) in [5.41, 5.74) is 4.43. The normalized spacial score (nSPS) is 10.9. The fourth-order valence-electron chi connectivity index (χ4n) is 3.36. The molecule has 0 aliphatic heterocycles. The number of halogens is 1. The lowest BCUT2D eigenvalue weighted by Crippen LogP contribution is -2.07. The Kier molecular flexibility index (Phi) is 5.01. The number of aromatic nitrogens is 5. The van der Waals surface area contributed by atoms with Gasteiger partial charge in [-0.1, -0.05) is 18.2 Å². The predicted octanol–water partition coefficient (Wildman–Crippen LogP) is 4.29. The molecule has 2 N–H and O–H groups in total. The van der Waals surface area contributed by atoms with Crippen LogP contribution in [0.1, 0.15) is 11.1 Å². The minimum atomic E-state index is -0.254. The zero-order valence-electron chi connectivity index (χ0n) is 16.8. The number of nitrogens with one attached hydrogen (secondary N) is 2. The van der Waals surface area contributed by atoms with Crippen LogP contribution in [0.2, 0.25) is 5.02 Å². The van der Waals surface area contributed by atoms with E-state index in [1.54, 1.807) is 17.1 Å². The molecule has 0 spiro atoms. The van der Waals surface area contributed by atoms with Crippen LogP contribution in [0.3, 0.4) is 0 Å². The molecule has 0 unspecified atom stereocenters. The highest BCUT2D eigenvalue weighted by Crippen LogP contribution is 2.32. The van der Waals surface area contributed by atoms with Gasteiger partial charge in [0.25, 0.3) is 0 Å². The fourth-order valence-corrected chi connectivity index (χ4v) is 3.54. The number of benzene rings is 1. The van der Waals surface area contributed by atoms with Crippen molar-refractivity contribution in [3.8, 4) is 5.82 Å². The van der Waals surface area contributed by atoms with Gasteiger partial charge in [0.15, 0.2) is 5.82 Å². The number of hydrogen-bond acceptors (Lipinski definition) is 5. The van der Waals surface area contributed by atoms with E-state index < -0.39 is 0 Å². The van der Waals surface area contributed by atoms with E-state index in [9.17, 15) is 4.79 Å². The fraction of sp³-hybridized carbons (Fsp3) is 0.143. The molecule has 0 aliphatic carbocycles. The quantitative estimate of drug-likeness (QED) is 0.469. The van der Waals surface area contributed by atoms with Gasteiger partial charge in [-0.05, 0) is 43.2 Å². The van der Waals surface area contributed by atoms with Crippen molar-refractivity contribution in [1.29, 1.82) is 0 Å². The van der Waals surface area contributed by atoms with Crippen molar-refractivity contribution in [1.82, 2.24) is 24.3 Å². The molecule has 152 valence electrons. The number of fused-ring (bicyclic) bond motifs is 1. The molecule has 0 radical (unpaired) electrons. The van der Waals surface area contributed by atoms with Crippen LogP contribution in [0, 0.1) is 13.8 Å². The van der Waals surface area contributed by atoms with Crippen molar-refractivity contribution in [3.05, 3.63) is 65.7 Å². The second-order valence-corrected chi connectivity index (χ2v) is 7.36. The Morgan fingerprint density at radius 2 is 1.97 bits per heavy atom. The van der Waals surface area contributed by atoms with Gasteiger partial charge in [-0.2, -0.15) is 10.1 Å². The van der Waals surface area contributed by atoms with E-state index in [0.717, 1.165) is 27.7 Å². The summed E-state index contributed by atoms with van der Waals surface area (Å²) in [6.07, 6.45) is 8.30. The average molecular weight is 422 g/mol. The Hall–Kier alpha value is -3.65. The van der Waals surface area contributed by atoms with Crippen LogP contribution in [0.15, 0.2) is 49.6 Å². The Bertz CT molecular complexity index is 1290. The molecule has 8 nitrogen and oxygen atoms in total. The van der Waals surface area contributed by atoms with Crippen molar-refractivity contribution in [3.63, 3.8) is 0 Å². The Morgan fingerprint density at radius 1 is 1.17 bits per heavy atom. The van der Waals surface area contributed by atoms with Gasteiger partial charge in [0, 0.05) is 30.5 Å². The van der Waals surface area contributed by atoms with E-state index in [0.29, 0.717) is 22.5 Å². The molecule has 0 aliphatic rings. The molecule has 0 saturated heterocycles. The average Bonchev–Trinajstić information content (AvgIpc) is 3.26. The lowest BCUT2D eigenvalue weighted by atomic mass is 10.1. The second kappa shape index (κ2) is 7.64. The largest absolute Gasteiger partial charge is 0.322 e. The van der Waals surface area contributed by atoms with Crippen molar-refractivity contribution in [2.24, 2.45) is 7.05 Å². The monoisotopic (exact) mass is 421 g/mol. The molecule has 0 saturated carbocycles. The molecule has 1 aromatic carbocycles. The molecular weight excluding hydrogens is 402 g/mol. The number of anilines is 3. The Morgan fingerprint density at radius 3 is 2.67 bits per heavy atom. The molecule has 30 heavy (non-hydrogen) atoms. The molecule has 0 bridgehead atoms. The van der Waals surface area contributed by atoms with Crippen LogP contribution in [0.4, 0.5) is 17.3 Å². The van der Waals surface area contributed by atoms with Gasteiger partial charge in [0.05, 0.1) is 23.6 Å². The van der Waals surface area contributed by atoms with E-state index in [1.165, 1.54) is 6.08 Å². The van der Waals surface area contributed by atoms with E-state index >= 15 is 0 Å². The first-order chi connectivity index (χ1) is 14.4. The predicted molar refractivity (Wildman–Crippen MR) is 119 cm³/mol. The minimum absolute atomic E-state index is 0.254. The van der Waals surface area contributed by atoms with Crippen LogP contribution >= 0.6 is 11.6 Å². The summed E-state index contributed by atoms with van der Waals surface area (Å²) in [5, 5.41) is 11.5. The van der Waals surface area contributed by atoms with Gasteiger partial charge in [-0.3, -0.25) is 14.0 Å². The third-order valence-corrected chi connectivity index (χ3v) is 4.92. The Labute approximate surface area is 178 Å². The van der Waals surface area contributed by atoms with Gasteiger partial charge in [-0.25, -0.2) is 4.98 Å². The maximum atomic E-state index is 11.7. The summed E-state index contributed by atoms with van der Waals surface area (Å²) >= 11 is 6.46. The third-order valence-electron chi connectivity index (χ3n) is 4.66. The van der Waals surface area contributed by atoms with E-state index in [1.807, 2.05) is 50.0 Å². The molecule has 3 heterocycles. The molecule has 4 rings (SSSR count). The summed E-state index contributed by atoms with van der Waals surface area (Å²) in [4.78, 5) is 20.6. The first-order valence-electron chi connectivity index (χ1n) is 9.20. The van der Waals surface area contributed by atoms with E-state index in [2.05, 4.69) is 32.3 Å². The van der Waals surface area contributed by atoms with Crippen LogP contribution in [0.25, 0.3) is 16.7 Å². The highest BCUT2D eigenvalue weighted by Gasteiger charge is 2.16. The van der Waals surface area contributed by atoms with Crippen molar-refractivity contribution in [2.45, 2.75) is 13.8 Å². The molecular formula is C21H20ClN7O. The summed E-state index contributed by atoms with van der Waals surface area (Å²) < 4.78 is 3.63. The topological polar surface area (TPSA) is 89.7 Å². The number of hydrogen-bond donors (Lipinski definition) is 2. The highest BCUT2D eigenvalue weighted by molar-refractivity contribution is 6.32. The van der Waals surface area contributed by atoms with Gasteiger partial charge in [0.1, 0.15) is 5.02 Å². The number of amides is 1. The molecule has 1 amide bonds. The summed E-state index contributed by atoms with van der Waals surface area (Å²) in [6.45, 7) is 7.48. The number of carbonyl (C=O) groups is 1. The smallest absolute Gasteiger partial charge is 0.247 e. The maximum Gasteiger partial charge on any atom is 0.247 e. The zero-order valence-corrected chi connectivity index (χ0v) is 17.5. The van der Waals surface area contributed by atoms with Crippen LogP contribution in [0.5, 0.6) is 0 Å². The number of carbonyl (C=O) groups excluding carboxylic acids is 1. The van der Waals surface area contributed by atoms with E-state index in [4.69, 9.17) is 11.6 Å². The standard InChI is InChI=1S/C21H20ClN7O/c1-5-18(30)25-14-6-12(2)19-16(7-14)13(3)10-29(19)20-17(22)9-23-21(27-20)26-15-8-24-28(4)11-15/h5-11H,1H2,2-4H3,(H,25,30)(H,23,26,27). The summed E-state index contributed by atoms with van der Waals surface area (Å²) in [7, 11) is 1.84.